The van der Waals surface area contributed by atoms with Crippen LogP contribution in [0.5, 0.6) is 0 Å². The zero-order valence-corrected chi connectivity index (χ0v) is 12.0. The van der Waals surface area contributed by atoms with E-state index in [2.05, 4.69) is 10.3 Å². The second-order valence-electron chi connectivity index (χ2n) is 4.39. The highest BCUT2D eigenvalue weighted by Gasteiger charge is 2.20. The van der Waals surface area contributed by atoms with Crippen LogP contribution in [0.1, 0.15) is 22.5 Å². The van der Waals surface area contributed by atoms with E-state index < -0.39 is 0 Å². The van der Waals surface area contributed by atoms with Crippen molar-refractivity contribution < 1.29 is 14.7 Å². The molecule has 1 rings (SSSR count). The predicted octanol–water partition coefficient (Wildman–Crippen LogP) is -0.0464. The topological polar surface area (TPSA) is 106 Å². The summed E-state index contributed by atoms with van der Waals surface area (Å²) in [6, 6.07) is 0. The Morgan fingerprint density at radius 1 is 1.60 bits per heavy atom. The molecule has 1 aromatic heterocycles. The van der Waals surface area contributed by atoms with Crippen molar-refractivity contribution in [1.29, 1.82) is 0 Å². The number of hydrogen-bond acceptors (Lipinski definition) is 5. The van der Waals surface area contributed by atoms with Crippen LogP contribution < -0.4 is 5.73 Å². The van der Waals surface area contributed by atoms with Gasteiger partial charge in [-0.05, 0) is 6.92 Å². The van der Waals surface area contributed by atoms with Crippen molar-refractivity contribution in [3.05, 3.63) is 17.5 Å². The van der Waals surface area contributed by atoms with Gasteiger partial charge in [-0.1, -0.05) is 5.16 Å². The maximum atomic E-state index is 12.5. The van der Waals surface area contributed by atoms with E-state index in [1.165, 1.54) is 0 Å². The third-order valence-corrected chi connectivity index (χ3v) is 3.08. The van der Waals surface area contributed by atoms with E-state index in [0.717, 1.165) is 5.69 Å². The first kappa shape index (κ1) is 16.0. The monoisotopic (exact) mass is 283 g/mol. The Kier molecular flexibility index (Phi) is 5.98. The van der Waals surface area contributed by atoms with Crippen LogP contribution in [0.4, 0.5) is 0 Å². The number of nitrogens with two attached hydrogens (primary N) is 1. The predicted molar refractivity (Wildman–Crippen MR) is 73.8 cm³/mol. The van der Waals surface area contributed by atoms with Gasteiger partial charge < -0.3 is 20.6 Å². The van der Waals surface area contributed by atoms with Gasteiger partial charge in [0, 0.05) is 39.4 Å². The molecule has 0 atom stereocenters. The van der Waals surface area contributed by atoms with Gasteiger partial charge in [0.25, 0.3) is 5.91 Å². The Hall–Kier alpha value is -2.09. The third-order valence-electron chi connectivity index (χ3n) is 3.08. The molecule has 0 spiro atoms. The van der Waals surface area contributed by atoms with Gasteiger partial charge in [0.1, 0.15) is 5.84 Å². The molecule has 0 aliphatic carbocycles. The summed E-state index contributed by atoms with van der Waals surface area (Å²) < 4.78 is 6.65. The zero-order chi connectivity index (χ0) is 15.1. The number of hydrogen-bond donors (Lipinski definition) is 2. The Labute approximate surface area is 117 Å². The van der Waals surface area contributed by atoms with Crippen molar-refractivity contribution in [1.82, 2.24) is 14.7 Å². The van der Waals surface area contributed by atoms with Crippen LogP contribution in [0.15, 0.2) is 11.4 Å². The lowest BCUT2D eigenvalue weighted by atomic mass is 10.2. The number of nitrogens with zero attached hydrogens (tertiary/aromatic N) is 4. The molecule has 1 heterocycles. The molecule has 1 aromatic rings. The Morgan fingerprint density at radius 3 is 2.80 bits per heavy atom. The lowest BCUT2D eigenvalue weighted by Crippen LogP contribution is -2.36. The number of methoxy groups -OCH3 is 1. The maximum Gasteiger partial charge on any atom is 0.257 e. The highest BCUT2D eigenvalue weighted by molar-refractivity contribution is 5.95. The van der Waals surface area contributed by atoms with Gasteiger partial charge in [0.2, 0.25) is 0 Å². The summed E-state index contributed by atoms with van der Waals surface area (Å²) in [5, 5.41) is 15.5. The highest BCUT2D eigenvalue weighted by Crippen LogP contribution is 2.10. The number of aromatic nitrogens is 2. The highest BCUT2D eigenvalue weighted by atomic mass is 16.5. The number of amides is 1. The smallest absolute Gasteiger partial charge is 0.257 e. The summed E-state index contributed by atoms with van der Waals surface area (Å²) in [5.74, 6) is -0.0542. The normalized spacial score (nSPS) is 11.7. The summed E-state index contributed by atoms with van der Waals surface area (Å²) >= 11 is 0. The SMILES string of the molecule is COCCN(CCC(N)=NO)C(=O)c1cnn(C)c1C. The fraction of sp³-hybridized carbons (Fsp3) is 0.583. The Morgan fingerprint density at radius 2 is 2.30 bits per heavy atom. The van der Waals surface area contributed by atoms with Gasteiger partial charge in [0.15, 0.2) is 0 Å². The summed E-state index contributed by atoms with van der Waals surface area (Å²) in [6.45, 7) is 3.04. The molecule has 1 amide bonds. The van der Waals surface area contributed by atoms with E-state index in [4.69, 9.17) is 15.7 Å². The summed E-state index contributed by atoms with van der Waals surface area (Å²) in [6.07, 6.45) is 1.84. The fourth-order valence-corrected chi connectivity index (χ4v) is 1.69. The fourth-order valence-electron chi connectivity index (χ4n) is 1.69. The molecular weight excluding hydrogens is 262 g/mol. The van der Waals surface area contributed by atoms with E-state index in [9.17, 15) is 4.79 Å². The van der Waals surface area contributed by atoms with Crippen LogP contribution in [-0.2, 0) is 11.8 Å². The average molecular weight is 283 g/mol. The molecule has 0 fully saturated rings. The van der Waals surface area contributed by atoms with Crippen LogP contribution in [0, 0.1) is 6.92 Å². The molecule has 0 unspecified atom stereocenters. The van der Waals surface area contributed by atoms with Crippen molar-refractivity contribution in [2.45, 2.75) is 13.3 Å². The Bertz CT molecular complexity index is 483. The first-order chi connectivity index (χ1) is 9.51. The molecule has 0 aliphatic rings. The third kappa shape index (κ3) is 3.95. The lowest BCUT2D eigenvalue weighted by Gasteiger charge is -2.22. The molecule has 0 aromatic carbocycles. The van der Waals surface area contributed by atoms with Gasteiger partial charge in [-0.15, -0.1) is 0 Å². The molecule has 0 saturated carbocycles. The van der Waals surface area contributed by atoms with E-state index in [1.807, 2.05) is 6.92 Å². The standard InChI is InChI=1S/C12H21N5O3/c1-9-10(8-14-16(9)2)12(18)17(6-7-20-3)5-4-11(13)15-19/h8,19H,4-7H2,1-3H3,(H2,13,15). The van der Waals surface area contributed by atoms with E-state index in [0.29, 0.717) is 31.7 Å². The largest absolute Gasteiger partial charge is 0.409 e. The van der Waals surface area contributed by atoms with Crippen LogP contribution in [-0.4, -0.2) is 58.4 Å². The van der Waals surface area contributed by atoms with Crippen LogP contribution in [0.25, 0.3) is 0 Å². The van der Waals surface area contributed by atoms with Gasteiger partial charge in [-0.25, -0.2) is 0 Å². The zero-order valence-electron chi connectivity index (χ0n) is 12.0. The molecule has 8 heteroatoms. The number of oxime groups is 1. The second kappa shape index (κ2) is 7.49. The summed E-state index contributed by atoms with van der Waals surface area (Å²) in [5.41, 5.74) is 6.77. The molecule has 0 radical (unpaired) electrons. The van der Waals surface area contributed by atoms with Crippen molar-refractivity contribution in [2.24, 2.45) is 17.9 Å². The van der Waals surface area contributed by atoms with E-state index in [1.54, 1.807) is 29.9 Å². The summed E-state index contributed by atoms with van der Waals surface area (Å²) in [4.78, 5) is 14.1. The lowest BCUT2D eigenvalue weighted by molar-refractivity contribution is 0.0699. The maximum absolute atomic E-state index is 12.5. The van der Waals surface area contributed by atoms with Crippen LogP contribution in [0.3, 0.4) is 0 Å². The van der Waals surface area contributed by atoms with Crippen molar-refractivity contribution >= 4 is 11.7 Å². The molecular formula is C12H21N5O3. The van der Waals surface area contributed by atoms with Crippen molar-refractivity contribution in [3.8, 4) is 0 Å². The van der Waals surface area contributed by atoms with Gasteiger partial charge in [-0.3, -0.25) is 9.48 Å². The summed E-state index contributed by atoms with van der Waals surface area (Å²) in [7, 11) is 3.35. The molecule has 0 saturated heterocycles. The minimum atomic E-state index is -0.140. The Balaban J connectivity index is 2.81. The minimum absolute atomic E-state index is 0.0862. The number of aryl methyl sites for hydroxylation is 1. The van der Waals surface area contributed by atoms with Crippen LogP contribution in [0.2, 0.25) is 0 Å². The average Bonchev–Trinajstić information content (AvgIpc) is 2.78. The van der Waals surface area contributed by atoms with E-state index >= 15 is 0 Å². The molecule has 20 heavy (non-hydrogen) atoms. The molecule has 0 aliphatic heterocycles. The number of amidine groups is 1. The first-order valence-electron chi connectivity index (χ1n) is 6.24. The minimum Gasteiger partial charge on any atom is -0.409 e. The quantitative estimate of drug-likeness (QED) is 0.316. The molecule has 0 bridgehead atoms. The van der Waals surface area contributed by atoms with E-state index in [-0.39, 0.29) is 11.7 Å². The van der Waals surface area contributed by atoms with Gasteiger partial charge in [-0.2, -0.15) is 5.10 Å². The molecule has 8 nitrogen and oxygen atoms in total. The van der Waals surface area contributed by atoms with Crippen molar-refractivity contribution in [3.63, 3.8) is 0 Å². The number of rotatable bonds is 7. The van der Waals surface area contributed by atoms with Crippen LogP contribution >= 0.6 is 0 Å². The number of ether oxygens (including phenoxy) is 1. The van der Waals surface area contributed by atoms with Crippen molar-refractivity contribution in [2.75, 3.05) is 26.8 Å². The second-order valence-corrected chi connectivity index (χ2v) is 4.39. The first-order valence-corrected chi connectivity index (χ1v) is 6.24. The van der Waals surface area contributed by atoms with Gasteiger partial charge in [0.05, 0.1) is 18.4 Å². The molecule has 3 N–H and O–H groups in total. The number of carbonyl (C=O) groups excluding carboxylic acids is 1. The number of carbonyl (C=O) groups is 1. The van der Waals surface area contributed by atoms with Gasteiger partial charge >= 0.3 is 0 Å². The molecule has 112 valence electrons.